The van der Waals surface area contributed by atoms with Crippen LogP contribution in [-0.2, 0) is 14.3 Å². The van der Waals surface area contributed by atoms with Crippen molar-refractivity contribution in [2.24, 2.45) is 11.8 Å². The van der Waals surface area contributed by atoms with Gasteiger partial charge in [0.05, 0.1) is 12.3 Å². The van der Waals surface area contributed by atoms with Crippen molar-refractivity contribution in [3.8, 4) is 0 Å². The van der Waals surface area contributed by atoms with E-state index < -0.39 is 18.0 Å². The van der Waals surface area contributed by atoms with Crippen molar-refractivity contribution < 1.29 is 19.4 Å². The Kier molecular flexibility index (Phi) is 1.95. The molecule has 13 heavy (non-hydrogen) atoms. The molecule has 5 heteroatoms. The summed E-state index contributed by atoms with van der Waals surface area (Å²) in [6.07, 6.45) is 0.0996. The van der Waals surface area contributed by atoms with Crippen LogP contribution in [0.25, 0.3) is 0 Å². The highest BCUT2D eigenvalue weighted by Gasteiger charge is 2.52. The van der Waals surface area contributed by atoms with Crippen LogP contribution >= 0.6 is 11.6 Å². The van der Waals surface area contributed by atoms with E-state index in [1.807, 2.05) is 0 Å². The maximum Gasteiger partial charge on any atom is 0.310 e. The summed E-state index contributed by atoms with van der Waals surface area (Å²) in [5, 5.41) is 8.63. The highest BCUT2D eigenvalue weighted by Crippen LogP contribution is 2.43. The van der Waals surface area contributed by atoms with Gasteiger partial charge < -0.3 is 9.84 Å². The number of hydrogen-bond acceptors (Lipinski definition) is 3. The predicted molar refractivity (Wildman–Crippen MR) is 43.4 cm³/mol. The van der Waals surface area contributed by atoms with Gasteiger partial charge in [0.25, 0.3) is 0 Å². The molecule has 0 radical (unpaired) electrons. The van der Waals surface area contributed by atoms with E-state index in [0.29, 0.717) is 6.42 Å². The minimum Gasteiger partial charge on any atom is -0.481 e. The van der Waals surface area contributed by atoms with Crippen molar-refractivity contribution in [2.45, 2.75) is 24.3 Å². The third kappa shape index (κ3) is 1.29. The fraction of sp³-hybridized carbons (Fsp3) is 0.750. The second kappa shape index (κ2) is 2.87. The molecule has 4 nitrogen and oxygen atoms in total. The SMILES string of the molecule is O=C1CC2C(Cl)CC(O1)C2C(=O)O. The first-order valence-electron chi connectivity index (χ1n) is 4.16. The van der Waals surface area contributed by atoms with E-state index >= 15 is 0 Å². The fourth-order valence-corrected chi connectivity index (χ4v) is 2.59. The molecule has 0 aromatic carbocycles. The van der Waals surface area contributed by atoms with E-state index in [0.717, 1.165) is 0 Å². The molecule has 72 valence electrons. The summed E-state index contributed by atoms with van der Waals surface area (Å²) >= 11 is 5.92. The van der Waals surface area contributed by atoms with Crippen LogP contribution in [-0.4, -0.2) is 28.5 Å². The molecule has 0 aromatic rings. The van der Waals surface area contributed by atoms with Crippen LogP contribution in [0.5, 0.6) is 0 Å². The second-order valence-electron chi connectivity index (χ2n) is 3.51. The molecule has 0 aromatic heterocycles. The lowest BCUT2D eigenvalue weighted by atomic mass is 9.90. The smallest absolute Gasteiger partial charge is 0.310 e. The summed E-state index contributed by atoms with van der Waals surface area (Å²) in [5.41, 5.74) is 0. The average molecular weight is 205 g/mol. The van der Waals surface area contributed by atoms with Crippen molar-refractivity contribution in [3.05, 3.63) is 0 Å². The first-order chi connectivity index (χ1) is 6.09. The van der Waals surface area contributed by atoms with E-state index in [1.54, 1.807) is 0 Å². The molecule has 0 amide bonds. The molecule has 1 aliphatic heterocycles. The first-order valence-corrected chi connectivity index (χ1v) is 4.59. The number of carbonyl (C=O) groups excluding carboxylic acids is 1. The van der Waals surface area contributed by atoms with E-state index in [4.69, 9.17) is 21.4 Å². The Morgan fingerprint density at radius 2 is 2.31 bits per heavy atom. The average Bonchev–Trinajstić information content (AvgIpc) is 2.21. The summed E-state index contributed by atoms with van der Waals surface area (Å²) in [5.74, 6) is -2.08. The number of aliphatic carboxylic acids is 1. The van der Waals surface area contributed by atoms with Crippen LogP contribution in [0, 0.1) is 11.8 Å². The molecule has 1 aliphatic carbocycles. The number of ether oxygens (including phenoxy) is 1. The minimum atomic E-state index is -0.911. The highest BCUT2D eigenvalue weighted by atomic mass is 35.5. The fourth-order valence-electron chi connectivity index (χ4n) is 2.17. The van der Waals surface area contributed by atoms with Crippen LogP contribution in [0.15, 0.2) is 0 Å². The molecule has 1 saturated carbocycles. The molecule has 2 aliphatic rings. The maximum absolute atomic E-state index is 11.0. The lowest BCUT2D eigenvalue weighted by Crippen LogP contribution is -2.38. The standard InChI is InChI=1S/C8H9ClO4/c9-4-2-5-7(8(11)12)3(4)1-6(10)13-5/h3-5,7H,1-2H2,(H,11,12). The molecule has 2 fully saturated rings. The van der Waals surface area contributed by atoms with Gasteiger partial charge in [-0.25, -0.2) is 0 Å². The van der Waals surface area contributed by atoms with Crippen LogP contribution in [0.2, 0.25) is 0 Å². The number of carboxylic acids is 1. The number of halogens is 1. The first kappa shape index (κ1) is 8.81. The number of carbonyl (C=O) groups is 2. The highest BCUT2D eigenvalue weighted by molar-refractivity contribution is 6.21. The van der Waals surface area contributed by atoms with Crippen molar-refractivity contribution in [2.75, 3.05) is 0 Å². The number of carboxylic acid groups (broad SMARTS) is 1. The zero-order chi connectivity index (χ0) is 9.59. The minimum absolute atomic E-state index is 0.141. The molecule has 4 atom stereocenters. The lowest BCUT2D eigenvalue weighted by molar-refractivity contribution is -0.165. The number of hydrogen-bond donors (Lipinski definition) is 1. The van der Waals surface area contributed by atoms with Gasteiger partial charge in [0.2, 0.25) is 0 Å². The van der Waals surface area contributed by atoms with Crippen LogP contribution in [0.1, 0.15) is 12.8 Å². The Morgan fingerprint density at radius 3 is 2.85 bits per heavy atom. The zero-order valence-corrected chi connectivity index (χ0v) is 7.53. The Morgan fingerprint density at radius 1 is 1.62 bits per heavy atom. The van der Waals surface area contributed by atoms with Crippen molar-refractivity contribution in [3.63, 3.8) is 0 Å². The number of rotatable bonds is 1. The van der Waals surface area contributed by atoms with Gasteiger partial charge in [-0.1, -0.05) is 0 Å². The van der Waals surface area contributed by atoms with Gasteiger partial charge in [-0.3, -0.25) is 9.59 Å². The van der Waals surface area contributed by atoms with E-state index in [-0.39, 0.29) is 23.7 Å². The summed E-state index contributed by atoms with van der Waals surface area (Å²) in [7, 11) is 0. The molecular formula is C8H9ClO4. The van der Waals surface area contributed by atoms with Gasteiger partial charge in [-0.05, 0) is 0 Å². The Balaban J connectivity index is 2.24. The normalized spacial score (nSPS) is 43.0. The molecule has 1 N–H and O–H groups in total. The predicted octanol–water partition coefficient (Wildman–Crippen LogP) is 0.630. The molecular weight excluding hydrogens is 196 g/mol. The second-order valence-corrected chi connectivity index (χ2v) is 4.07. The largest absolute Gasteiger partial charge is 0.481 e. The molecule has 1 saturated heterocycles. The topological polar surface area (TPSA) is 63.6 Å². The van der Waals surface area contributed by atoms with E-state index in [1.165, 1.54) is 0 Å². The number of alkyl halides is 1. The Labute approximate surface area is 79.8 Å². The third-order valence-electron chi connectivity index (χ3n) is 2.75. The zero-order valence-electron chi connectivity index (χ0n) is 6.77. The summed E-state index contributed by atoms with van der Waals surface area (Å²) in [4.78, 5) is 21.8. The number of esters is 1. The van der Waals surface area contributed by atoms with Gasteiger partial charge in [-0.2, -0.15) is 0 Å². The van der Waals surface area contributed by atoms with Crippen LogP contribution in [0.3, 0.4) is 0 Å². The maximum atomic E-state index is 11.0. The van der Waals surface area contributed by atoms with Gasteiger partial charge in [0, 0.05) is 17.7 Å². The lowest BCUT2D eigenvalue weighted by Gasteiger charge is -2.26. The summed E-state index contributed by atoms with van der Waals surface area (Å²) < 4.78 is 4.92. The molecule has 2 bridgehead atoms. The summed E-state index contributed by atoms with van der Waals surface area (Å²) in [6, 6.07) is 0. The quantitative estimate of drug-likeness (QED) is 0.503. The van der Waals surface area contributed by atoms with Gasteiger partial charge in [0.1, 0.15) is 6.10 Å². The van der Waals surface area contributed by atoms with E-state index in [9.17, 15) is 9.59 Å². The van der Waals surface area contributed by atoms with Crippen LogP contribution in [0.4, 0.5) is 0 Å². The summed E-state index contributed by atoms with van der Waals surface area (Å²) in [6.45, 7) is 0. The third-order valence-corrected chi connectivity index (χ3v) is 3.26. The molecule has 1 heterocycles. The van der Waals surface area contributed by atoms with Gasteiger partial charge in [0.15, 0.2) is 0 Å². The van der Waals surface area contributed by atoms with Crippen molar-refractivity contribution >= 4 is 23.5 Å². The van der Waals surface area contributed by atoms with Gasteiger partial charge >= 0.3 is 11.9 Å². The van der Waals surface area contributed by atoms with Gasteiger partial charge in [-0.15, -0.1) is 11.6 Å². The van der Waals surface area contributed by atoms with Crippen molar-refractivity contribution in [1.29, 1.82) is 0 Å². The number of fused-ring (bicyclic) bond motifs is 2. The van der Waals surface area contributed by atoms with E-state index in [2.05, 4.69) is 0 Å². The molecule has 4 unspecified atom stereocenters. The van der Waals surface area contributed by atoms with Crippen LogP contribution < -0.4 is 0 Å². The van der Waals surface area contributed by atoms with Crippen molar-refractivity contribution in [1.82, 2.24) is 0 Å². The monoisotopic (exact) mass is 204 g/mol. The Hall–Kier alpha value is -0.770. The molecule has 2 rings (SSSR count). The molecule has 0 spiro atoms. The Bertz CT molecular complexity index is 265.